The van der Waals surface area contributed by atoms with Gasteiger partial charge in [0.1, 0.15) is 11.0 Å². The Morgan fingerprint density at radius 3 is 2.28 bits per heavy atom. The van der Waals surface area contributed by atoms with Crippen LogP contribution in [0.25, 0.3) is 11.1 Å². The highest BCUT2D eigenvalue weighted by atomic mass is 35.5. The molecule has 0 heterocycles. The van der Waals surface area contributed by atoms with Crippen molar-refractivity contribution >= 4 is 22.6 Å². The van der Waals surface area contributed by atoms with Crippen LogP contribution in [0.1, 0.15) is 5.56 Å². The maximum Gasteiger partial charge on any atom is 0.122 e. The average Bonchev–Trinajstić information content (AvgIpc) is 2.32. The molecule has 0 aromatic heterocycles. The molecular weight excluding hydrogens is 270 g/mol. The van der Waals surface area contributed by atoms with Crippen LogP contribution in [0.15, 0.2) is 47.4 Å². The fourth-order valence-electron chi connectivity index (χ4n) is 1.67. The molecule has 5 heteroatoms. The second-order valence-corrected chi connectivity index (χ2v) is 5.28. The first-order valence-corrected chi connectivity index (χ1v) is 6.70. The monoisotopic (exact) mass is 283 g/mol. The van der Waals surface area contributed by atoms with E-state index < -0.39 is 11.0 Å². The second-order valence-electron chi connectivity index (χ2n) is 3.78. The molecule has 0 aliphatic rings. The smallest absolute Gasteiger partial charge is 0.122 e. The lowest BCUT2D eigenvalue weighted by Crippen LogP contribution is -2.01. The zero-order valence-electron chi connectivity index (χ0n) is 9.81. The summed E-state index contributed by atoms with van der Waals surface area (Å²) in [5.41, 5.74) is 3.27. The standard InChI is InChI=1S/C13H12ClNOS.H2O/c1-9-2-5-11(14)8-13(9)10-3-6-12(7-4-10)17(15)16;/h2-8H,15H2,1H3;1H2. The molecule has 3 nitrogen and oxygen atoms in total. The van der Waals surface area contributed by atoms with E-state index in [9.17, 15) is 4.21 Å². The van der Waals surface area contributed by atoms with Crippen molar-refractivity contribution in [3.05, 3.63) is 53.1 Å². The molecule has 96 valence electrons. The lowest BCUT2D eigenvalue weighted by atomic mass is 10.0. The summed E-state index contributed by atoms with van der Waals surface area (Å²) in [6.45, 7) is 2.03. The minimum absolute atomic E-state index is 0. The van der Waals surface area contributed by atoms with Gasteiger partial charge in [-0.05, 0) is 47.9 Å². The summed E-state index contributed by atoms with van der Waals surface area (Å²) in [7, 11) is -1.43. The van der Waals surface area contributed by atoms with Crippen molar-refractivity contribution in [3.63, 3.8) is 0 Å². The quantitative estimate of drug-likeness (QED) is 0.903. The van der Waals surface area contributed by atoms with E-state index >= 15 is 0 Å². The minimum Gasteiger partial charge on any atom is -0.412 e. The van der Waals surface area contributed by atoms with E-state index in [4.69, 9.17) is 16.7 Å². The van der Waals surface area contributed by atoms with Gasteiger partial charge in [0.15, 0.2) is 0 Å². The minimum atomic E-state index is -1.43. The van der Waals surface area contributed by atoms with Crippen molar-refractivity contribution in [2.45, 2.75) is 11.8 Å². The molecule has 0 spiro atoms. The van der Waals surface area contributed by atoms with Gasteiger partial charge < -0.3 is 5.48 Å². The molecule has 2 aromatic carbocycles. The third-order valence-electron chi connectivity index (χ3n) is 2.60. The Morgan fingerprint density at radius 2 is 1.72 bits per heavy atom. The van der Waals surface area contributed by atoms with Crippen molar-refractivity contribution < 1.29 is 9.69 Å². The van der Waals surface area contributed by atoms with E-state index in [0.717, 1.165) is 16.7 Å². The van der Waals surface area contributed by atoms with Gasteiger partial charge in [0.25, 0.3) is 0 Å². The van der Waals surface area contributed by atoms with Crippen molar-refractivity contribution in [3.8, 4) is 11.1 Å². The third kappa shape index (κ3) is 3.17. The number of aryl methyl sites for hydroxylation is 1. The van der Waals surface area contributed by atoms with Crippen LogP contribution in [-0.4, -0.2) is 9.69 Å². The maximum absolute atomic E-state index is 11.1. The summed E-state index contributed by atoms with van der Waals surface area (Å²) < 4.78 is 11.1. The second kappa shape index (κ2) is 6.11. The lowest BCUT2D eigenvalue weighted by molar-refractivity contribution is 0.684. The van der Waals surface area contributed by atoms with Gasteiger partial charge in [-0.25, -0.2) is 9.35 Å². The fourth-order valence-corrected chi connectivity index (χ4v) is 2.25. The van der Waals surface area contributed by atoms with E-state index in [0.29, 0.717) is 9.92 Å². The predicted octanol–water partition coefficient (Wildman–Crippen LogP) is 2.47. The molecule has 2 aromatic rings. The highest BCUT2D eigenvalue weighted by Gasteiger charge is 2.04. The van der Waals surface area contributed by atoms with Gasteiger partial charge in [0.2, 0.25) is 0 Å². The van der Waals surface area contributed by atoms with Crippen molar-refractivity contribution in [2.24, 2.45) is 5.14 Å². The molecule has 0 amide bonds. The highest BCUT2D eigenvalue weighted by Crippen LogP contribution is 2.26. The maximum atomic E-state index is 11.1. The summed E-state index contributed by atoms with van der Waals surface area (Å²) in [5, 5.41) is 6.01. The first-order chi connectivity index (χ1) is 8.08. The van der Waals surface area contributed by atoms with Gasteiger partial charge in [0, 0.05) is 5.02 Å². The molecular formula is C13H14ClNO2S. The molecule has 0 fully saturated rings. The molecule has 1 unspecified atom stereocenters. The molecule has 0 aliphatic carbocycles. The third-order valence-corrected chi connectivity index (χ3v) is 3.57. The Morgan fingerprint density at radius 1 is 1.11 bits per heavy atom. The molecule has 0 radical (unpaired) electrons. The number of halogens is 1. The Balaban J connectivity index is 0.00000162. The Bertz CT molecular complexity index is 570. The number of benzene rings is 2. The van der Waals surface area contributed by atoms with Gasteiger partial charge in [-0.1, -0.05) is 29.8 Å². The summed E-state index contributed by atoms with van der Waals surface area (Å²) in [6, 6.07) is 13.1. The van der Waals surface area contributed by atoms with Crippen molar-refractivity contribution in [1.82, 2.24) is 0 Å². The highest BCUT2D eigenvalue weighted by molar-refractivity contribution is 7.82. The molecule has 18 heavy (non-hydrogen) atoms. The Kier molecular flexibility index (Phi) is 5.04. The van der Waals surface area contributed by atoms with Gasteiger partial charge in [0.05, 0.1) is 4.90 Å². The topological polar surface area (TPSA) is 74.6 Å². The fraction of sp³-hybridized carbons (Fsp3) is 0.0769. The summed E-state index contributed by atoms with van der Waals surface area (Å²) in [5.74, 6) is 0. The SMILES string of the molecule is Cc1ccc(Cl)cc1-c1ccc(S(N)=O)cc1.O. The Labute approximate surface area is 113 Å². The zero-order valence-corrected chi connectivity index (χ0v) is 11.4. The van der Waals surface area contributed by atoms with Gasteiger partial charge in [-0.15, -0.1) is 0 Å². The van der Waals surface area contributed by atoms with Crippen LogP contribution in [0, 0.1) is 6.92 Å². The van der Waals surface area contributed by atoms with Crippen LogP contribution >= 0.6 is 11.6 Å². The van der Waals surface area contributed by atoms with E-state index in [1.54, 1.807) is 12.1 Å². The van der Waals surface area contributed by atoms with Crippen molar-refractivity contribution in [1.29, 1.82) is 0 Å². The molecule has 1 atom stereocenters. The average molecular weight is 284 g/mol. The lowest BCUT2D eigenvalue weighted by Gasteiger charge is -2.07. The first-order valence-electron chi connectivity index (χ1n) is 5.10. The number of nitrogens with two attached hydrogens (primary N) is 1. The van der Waals surface area contributed by atoms with E-state index in [1.807, 2.05) is 37.3 Å². The van der Waals surface area contributed by atoms with Crippen LogP contribution in [-0.2, 0) is 11.0 Å². The van der Waals surface area contributed by atoms with Gasteiger partial charge in [-0.2, -0.15) is 0 Å². The number of hydrogen-bond donors (Lipinski definition) is 1. The summed E-state index contributed by atoms with van der Waals surface area (Å²) in [4.78, 5) is 0.619. The van der Waals surface area contributed by atoms with Crippen LogP contribution < -0.4 is 5.14 Å². The molecule has 0 saturated heterocycles. The summed E-state index contributed by atoms with van der Waals surface area (Å²) in [6.07, 6.45) is 0. The van der Waals surface area contributed by atoms with Crippen molar-refractivity contribution in [2.75, 3.05) is 0 Å². The molecule has 0 bridgehead atoms. The van der Waals surface area contributed by atoms with E-state index in [1.165, 1.54) is 0 Å². The number of hydrogen-bond acceptors (Lipinski definition) is 1. The van der Waals surface area contributed by atoms with Crippen LogP contribution in [0.5, 0.6) is 0 Å². The molecule has 0 aliphatic heterocycles. The molecule has 2 rings (SSSR count). The Hall–Kier alpha value is -1.20. The normalized spacial score (nSPS) is 11.7. The summed E-state index contributed by atoms with van der Waals surface area (Å²) >= 11 is 5.98. The van der Waals surface area contributed by atoms with Gasteiger partial charge >= 0.3 is 0 Å². The van der Waals surface area contributed by atoms with Gasteiger partial charge in [-0.3, -0.25) is 0 Å². The largest absolute Gasteiger partial charge is 0.412 e. The first kappa shape index (κ1) is 14.9. The van der Waals surface area contributed by atoms with E-state index in [-0.39, 0.29) is 5.48 Å². The van der Waals surface area contributed by atoms with Crippen LogP contribution in [0.3, 0.4) is 0 Å². The number of rotatable bonds is 2. The van der Waals surface area contributed by atoms with Crippen LogP contribution in [0.2, 0.25) is 5.02 Å². The van der Waals surface area contributed by atoms with E-state index in [2.05, 4.69) is 0 Å². The molecule has 4 N–H and O–H groups in total. The van der Waals surface area contributed by atoms with Crippen LogP contribution in [0.4, 0.5) is 0 Å². The zero-order chi connectivity index (χ0) is 12.4. The predicted molar refractivity (Wildman–Crippen MR) is 75.8 cm³/mol. The molecule has 0 saturated carbocycles.